The van der Waals surface area contributed by atoms with Gasteiger partial charge in [-0.3, -0.25) is 4.79 Å². The zero-order valence-electron chi connectivity index (χ0n) is 14.9. The van der Waals surface area contributed by atoms with E-state index in [9.17, 15) is 9.18 Å². The molecule has 0 N–H and O–H groups in total. The van der Waals surface area contributed by atoms with Crippen molar-refractivity contribution < 1.29 is 4.39 Å². The van der Waals surface area contributed by atoms with Gasteiger partial charge in [-0.15, -0.1) is 0 Å². The second-order valence-electron chi connectivity index (χ2n) is 6.69. The van der Waals surface area contributed by atoms with Crippen LogP contribution in [0.3, 0.4) is 0 Å². The van der Waals surface area contributed by atoms with Crippen LogP contribution >= 0.6 is 0 Å². The summed E-state index contributed by atoms with van der Waals surface area (Å²) in [5.41, 5.74) is 3.98. The van der Waals surface area contributed by atoms with E-state index in [1.807, 2.05) is 42.5 Å². The highest BCUT2D eigenvalue weighted by atomic mass is 19.1. The summed E-state index contributed by atoms with van der Waals surface area (Å²) in [7, 11) is 0. The third-order valence-electron chi connectivity index (χ3n) is 4.91. The van der Waals surface area contributed by atoms with Crippen LogP contribution in [-0.2, 0) is 6.54 Å². The van der Waals surface area contributed by atoms with Crippen molar-refractivity contribution >= 4 is 21.9 Å². The molecule has 0 bridgehead atoms. The molecular weight excluding hydrogens is 353 g/mol. The lowest BCUT2D eigenvalue weighted by molar-refractivity contribution is 0.626. The number of fused-ring (bicyclic) bond motifs is 3. The van der Waals surface area contributed by atoms with Gasteiger partial charge in [0.15, 0.2) is 0 Å². The first-order valence-electron chi connectivity index (χ1n) is 9.02. The van der Waals surface area contributed by atoms with Gasteiger partial charge in [0.05, 0.1) is 16.7 Å². The summed E-state index contributed by atoms with van der Waals surface area (Å²) in [6, 6.07) is 25.5. The fourth-order valence-electron chi connectivity index (χ4n) is 3.59. The molecule has 0 atom stereocenters. The molecule has 0 amide bonds. The van der Waals surface area contributed by atoms with Crippen molar-refractivity contribution in [1.82, 2.24) is 14.3 Å². The van der Waals surface area contributed by atoms with Crippen molar-refractivity contribution in [3.63, 3.8) is 0 Å². The molecule has 2 aromatic heterocycles. The molecule has 0 unspecified atom stereocenters. The highest BCUT2D eigenvalue weighted by Crippen LogP contribution is 2.27. The highest BCUT2D eigenvalue weighted by molar-refractivity contribution is 6.05. The van der Waals surface area contributed by atoms with E-state index >= 15 is 0 Å². The van der Waals surface area contributed by atoms with E-state index in [0.29, 0.717) is 12.2 Å². The number of rotatable bonds is 3. The van der Waals surface area contributed by atoms with Gasteiger partial charge in [-0.1, -0.05) is 48.5 Å². The molecule has 0 aliphatic carbocycles. The Balaban J connectivity index is 1.77. The molecule has 0 saturated heterocycles. The van der Waals surface area contributed by atoms with Gasteiger partial charge in [0.1, 0.15) is 11.3 Å². The Kier molecular flexibility index (Phi) is 3.79. The van der Waals surface area contributed by atoms with Gasteiger partial charge < -0.3 is 4.57 Å². The molecule has 0 radical (unpaired) electrons. The topological polar surface area (TPSA) is 39.8 Å². The van der Waals surface area contributed by atoms with Gasteiger partial charge in [0, 0.05) is 18.0 Å². The molecule has 4 nitrogen and oxygen atoms in total. The first-order valence-corrected chi connectivity index (χ1v) is 9.02. The van der Waals surface area contributed by atoms with Crippen LogP contribution < -0.4 is 5.56 Å². The molecule has 5 aromatic rings. The Morgan fingerprint density at radius 1 is 0.821 bits per heavy atom. The number of hydrogen-bond acceptors (Lipinski definition) is 2. The minimum absolute atomic E-state index is 0.253. The summed E-state index contributed by atoms with van der Waals surface area (Å²) in [4.78, 5) is 12.8. The molecule has 3 aromatic carbocycles. The lowest BCUT2D eigenvalue weighted by Crippen LogP contribution is -2.20. The Hall–Kier alpha value is -3.73. The second kappa shape index (κ2) is 6.46. The summed E-state index contributed by atoms with van der Waals surface area (Å²) in [6.45, 7) is 0.645. The summed E-state index contributed by atoms with van der Waals surface area (Å²) in [5, 5.41) is 5.60. The molecule has 0 fully saturated rings. The Morgan fingerprint density at radius 3 is 2.32 bits per heavy atom. The Labute approximate surface area is 160 Å². The van der Waals surface area contributed by atoms with Crippen LogP contribution in [0.1, 0.15) is 5.56 Å². The lowest BCUT2D eigenvalue weighted by atomic mass is 10.2. The maximum atomic E-state index is 13.3. The van der Waals surface area contributed by atoms with Gasteiger partial charge in [0.2, 0.25) is 0 Å². The van der Waals surface area contributed by atoms with Crippen molar-refractivity contribution in [2.45, 2.75) is 6.54 Å². The van der Waals surface area contributed by atoms with Crippen molar-refractivity contribution in [3.8, 4) is 5.69 Å². The predicted octanol–water partition coefficient (Wildman–Crippen LogP) is 4.53. The molecule has 0 aliphatic heterocycles. The second-order valence-corrected chi connectivity index (χ2v) is 6.69. The molecule has 136 valence electrons. The third kappa shape index (κ3) is 2.68. The molecule has 28 heavy (non-hydrogen) atoms. The van der Waals surface area contributed by atoms with Crippen molar-refractivity contribution in [2.24, 2.45) is 0 Å². The average molecular weight is 369 g/mol. The number of halogens is 1. The normalized spacial score (nSPS) is 11.3. The number of aromatic nitrogens is 3. The van der Waals surface area contributed by atoms with E-state index < -0.39 is 0 Å². The van der Waals surface area contributed by atoms with E-state index in [2.05, 4.69) is 21.8 Å². The molecular formula is C23H16FN3O. The molecule has 0 spiro atoms. The quantitative estimate of drug-likeness (QED) is 0.469. The maximum absolute atomic E-state index is 13.3. The number of benzene rings is 3. The van der Waals surface area contributed by atoms with Crippen LogP contribution in [0, 0.1) is 5.82 Å². The summed E-state index contributed by atoms with van der Waals surface area (Å²) in [6.07, 6.45) is 0. The monoisotopic (exact) mass is 369 g/mol. The van der Waals surface area contributed by atoms with E-state index in [1.165, 1.54) is 16.8 Å². The van der Waals surface area contributed by atoms with Crippen LogP contribution in [0.15, 0.2) is 89.7 Å². The smallest absolute Gasteiger partial charge is 0.273 e. The van der Waals surface area contributed by atoms with Gasteiger partial charge >= 0.3 is 0 Å². The first-order chi connectivity index (χ1) is 13.7. The van der Waals surface area contributed by atoms with E-state index in [0.717, 1.165) is 27.5 Å². The maximum Gasteiger partial charge on any atom is 0.273 e. The van der Waals surface area contributed by atoms with Gasteiger partial charge in [-0.05, 0) is 35.9 Å². The van der Waals surface area contributed by atoms with E-state index in [1.54, 1.807) is 18.2 Å². The number of para-hydroxylation sites is 1. The van der Waals surface area contributed by atoms with Gasteiger partial charge in [0.25, 0.3) is 5.56 Å². The minimum Gasteiger partial charge on any atom is -0.334 e. The number of nitrogens with zero attached hydrogens (tertiary/aromatic N) is 3. The molecule has 5 heteroatoms. The van der Waals surface area contributed by atoms with Gasteiger partial charge in [-0.2, -0.15) is 9.78 Å². The van der Waals surface area contributed by atoms with Crippen LogP contribution in [0.5, 0.6) is 0 Å². The van der Waals surface area contributed by atoms with Gasteiger partial charge in [-0.25, -0.2) is 4.39 Å². The van der Waals surface area contributed by atoms with Crippen LogP contribution in [0.25, 0.3) is 27.6 Å². The summed E-state index contributed by atoms with van der Waals surface area (Å²) in [5.74, 6) is -0.350. The zero-order chi connectivity index (χ0) is 19.1. The van der Waals surface area contributed by atoms with Crippen LogP contribution in [0.4, 0.5) is 4.39 Å². The first kappa shape index (κ1) is 16.4. The zero-order valence-corrected chi connectivity index (χ0v) is 14.9. The molecule has 0 saturated carbocycles. The van der Waals surface area contributed by atoms with Crippen molar-refractivity contribution in [2.75, 3.05) is 0 Å². The highest BCUT2D eigenvalue weighted by Gasteiger charge is 2.15. The Morgan fingerprint density at radius 2 is 1.54 bits per heavy atom. The standard InChI is InChI=1S/C23H16FN3O/c24-17-10-12-18(13-11-17)27-22(28)14-21-23(25-27)19-8-4-5-9-20(19)26(21)15-16-6-2-1-3-7-16/h1-14H,15H2. The molecule has 5 rings (SSSR count). The number of hydrogen-bond donors (Lipinski definition) is 0. The predicted molar refractivity (Wildman–Crippen MR) is 108 cm³/mol. The summed E-state index contributed by atoms with van der Waals surface area (Å²) >= 11 is 0. The summed E-state index contributed by atoms with van der Waals surface area (Å²) < 4.78 is 16.7. The van der Waals surface area contributed by atoms with E-state index in [4.69, 9.17) is 0 Å². The Bertz CT molecular complexity index is 1350. The largest absolute Gasteiger partial charge is 0.334 e. The molecule has 2 heterocycles. The van der Waals surface area contributed by atoms with Crippen molar-refractivity contribution in [1.29, 1.82) is 0 Å². The molecule has 0 aliphatic rings. The van der Waals surface area contributed by atoms with Crippen LogP contribution in [0.2, 0.25) is 0 Å². The fraction of sp³-hybridized carbons (Fsp3) is 0.0435. The lowest BCUT2D eigenvalue weighted by Gasteiger charge is -2.08. The van der Waals surface area contributed by atoms with Crippen molar-refractivity contribution in [3.05, 3.63) is 107 Å². The van der Waals surface area contributed by atoms with Crippen LogP contribution in [-0.4, -0.2) is 14.3 Å². The van der Waals surface area contributed by atoms with E-state index in [-0.39, 0.29) is 11.4 Å². The third-order valence-corrected chi connectivity index (χ3v) is 4.91. The average Bonchev–Trinajstić information content (AvgIpc) is 3.02. The SMILES string of the molecule is O=c1cc2c(nn1-c1ccc(F)cc1)c1ccccc1n2Cc1ccccc1. The fourth-order valence-corrected chi connectivity index (χ4v) is 3.59. The minimum atomic E-state index is -0.350.